The molecule has 0 spiro atoms. The Bertz CT molecular complexity index is 1680. The number of nitrogens with zero attached hydrogens (tertiary/aromatic N) is 1. The molecule has 8 nitrogen and oxygen atoms in total. The molecule has 2 amide bonds. The van der Waals surface area contributed by atoms with Gasteiger partial charge < -0.3 is 15.4 Å². The molecule has 4 aromatic rings. The van der Waals surface area contributed by atoms with Gasteiger partial charge in [-0.15, -0.1) is 0 Å². The molecule has 1 unspecified atom stereocenters. The lowest BCUT2D eigenvalue weighted by atomic mass is 10.1. The molecule has 0 aromatic heterocycles. The van der Waals surface area contributed by atoms with Crippen molar-refractivity contribution in [1.29, 1.82) is 0 Å². The van der Waals surface area contributed by atoms with Crippen LogP contribution in [0.2, 0.25) is 0 Å². The summed E-state index contributed by atoms with van der Waals surface area (Å²) in [4.78, 5) is 26.7. The minimum absolute atomic E-state index is 0.124. The molecule has 1 aliphatic heterocycles. The highest BCUT2D eigenvalue weighted by Gasteiger charge is 2.43. The van der Waals surface area contributed by atoms with Crippen LogP contribution >= 0.6 is 0 Å². The van der Waals surface area contributed by atoms with Crippen LogP contribution in [0.5, 0.6) is 11.5 Å². The van der Waals surface area contributed by atoms with Crippen LogP contribution in [0.15, 0.2) is 95.9 Å². The molecular weight excluding hydrogens is 526 g/mol. The van der Waals surface area contributed by atoms with Crippen molar-refractivity contribution in [3.63, 3.8) is 0 Å². The van der Waals surface area contributed by atoms with E-state index >= 15 is 0 Å². The van der Waals surface area contributed by atoms with E-state index in [2.05, 4.69) is 10.6 Å². The molecule has 9 heteroatoms. The number of ether oxygens (including phenoxy) is 1. The first-order valence-electron chi connectivity index (χ1n) is 12.8. The predicted molar refractivity (Wildman–Crippen MR) is 155 cm³/mol. The predicted octanol–water partition coefficient (Wildman–Crippen LogP) is 5.95. The minimum atomic E-state index is -4.22. The molecule has 2 N–H and O–H groups in total. The van der Waals surface area contributed by atoms with E-state index in [9.17, 15) is 18.0 Å². The Morgan fingerprint density at radius 3 is 2.25 bits per heavy atom. The van der Waals surface area contributed by atoms with Gasteiger partial charge in [-0.3, -0.25) is 13.9 Å². The zero-order chi connectivity index (χ0) is 28.4. The van der Waals surface area contributed by atoms with Crippen LogP contribution in [0.1, 0.15) is 23.1 Å². The van der Waals surface area contributed by atoms with Crippen LogP contribution in [0.25, 0.3) is 0 Å². The second kappa shape index (κ2) is 10.9. The molecule has 0 fully saturated rings. The molecule has 0 radical (unpaired) electrons. The summed E-state index contributed by atoms with van der Waals surface area (Å²) in [5.74, 6) is 0.0591. The maximum absolute atomic E-state index is 14.2. The molecule has 1 heterocycles. The number of amides is 2. The van der Waals surface area contributed by atoms with Gasteiger partial charge in [0, 0.05) is 11.8 Å². The molecular formula is C31H29N3O5S. The highest BCUT2D eigenvalue weighted by atomic mass is 32.2. The number of nitrogens with one attached hydrogen (secondary N) is 2. The summed E-state index contributed by atoms with van der Waals surface area (Å²) in [5, 5.41) is 5.54. The van der Waals surface area contributed by atoms with Crippen molar-refractivity contribution < 1.29 is 22.7 Å². The number of carbonyl (C=O) groups excluding carboxylic acids is 2. The first-order chi connectivity index (χ1) is 19.1. The third kappa shape index (κ3) is 5.41. The molecule has 1 aliphatic rings. The highest BCUT2D eigenvalue weighted by molar-refractivity contribution is 7.93. The number of hydrogen-bond donors (Lipinski definition) is 2. The minimum Gasteiger partial charge on any atom is -0.457 e. The summed E-state index contributed by atoms with van der Waals surface area (Å²) < 4.78 is 35.4. The van der Waals surface area contributed by atoms with Gasteiger partial charge in [-0.05, 0) is 68.3 Å². The zero-order valence-corrected chi connectivity index (χ0v) is 23.2. The SMILES string of the molecule is Cc1cc(C)c(S(=O)(=O)N2c3ccccc3NC(=O)C2CC(=O)Nc2cccc(Oc3ccccc3)c2)c(C)c1. The number of rotatable bonds is 7. The molecule has 40 heavy (non-hydrogen) atoms. The van der Waals surface area contributed by atoms with E-state index in [1.807, 2.05) is 37.3 Å². The number of sulfonamides is 1. The standard InChI is InChI=1S/C31H29N3O5S/c1-20-16-21(2)30(22(3)17-20)40(37,38)34-27-15-8-7-14-26(27)33-31(36)28(34)19-29(35)32-23-10-9-13-25(18-23)39-24-11-5-4-6-12-24/h4-18,28H,19H2,1-3H3,(H,32,35)(H,33,36). The third-order valence-electron chi connectivity index (χ3n) is 6.58. The number of para-hydroxylation sites is 3. The van der Waals surface area contributed by atoms with Crippen LogP contribution in [-0.4, -0.2) is 26.3 Å². The zero-order valence-electron chi connectivity index (χ0n) is 22.3. The van der Waals surface area contributed by atoms with Gasteiger partial charge in [-0.2, -0.15) is 0 Å². The molecule has 5 rings (SSSR count). The van der Waals surface area contributed by atoms with E-state index in [0.29, 0.717) is 39.7 Å². The number of aryl methyl sites for hydroxylation is 3. The van der Waals surface area contributed by atoms with Crippen molar-refractivity contribution in [2.75, 3.05) is 14.9 Å². The smallest absolute Gasteiger partial charge is 0.265 e. The molecule has 4 aromatic carbocycles. The monoisotopic (exact) mass is 555 g/mol. The Morgan fingerprint density at radius 2 is 1.52 bits per heavy atom. The lowest BCUT2D eigenvalue weighted by molar-refractivity contribution is -0.122. The summed E-state index contributed by atoms with van der Waals surface area (Å²) in [5.41, 5.74) is 3.19. The number of benzene rings is 4. The van der Waals surface area contributed by atoms with E-state index in [-0.39, 0.29) is 4.90 Å². The summed E-state index contributed by atoms with van der Waals surface area (Å²) in [6.07, 6.45) is -0.396. The van der Waals surface area contributed by atoms with E-state index in [1.165, 1.54) is 0 Å². The topological polar surface area (TPSA) is 105 Å². The third-order valence-corrected chi connectivity index (χ3v) is 8.71. The number of fused-ring (bicyclic) bond motifs is 1. The highest BCUT2D eigenvalue weighted by Crippen LogP contribution is 2.39. The van der Waals surface area contributed by atoms with Crippen molar-refractivity contribution in [3.8, 4) is 11.5 Å². The first kappa shape index (κ1) is 27.0. The van der Waals surface area contributed by atoms with Crippen LogP contribution in [-0.2, 0) is 19.6 Å². The van der Waals surface area contributed by atoms with Gasteiger partial charge >= 0.3 is 0 Å². The number of anilines is 3. The molecule has 0 aliphatic carbocycles. The van der Waals surface area contributed by atoms with Crippen molar-refractivity contribution in [3.05, 3.63) is 108 Å². The van der Waals surface area contributed by atoms with E-state index in [0.717, 1.165) is 9.87 Å². The summed E-state index contributed by atoms with van der Waals surface area (Å²) in [6, 6.07) is 25.0. The number of hydrogen-bond acceptors (Lipinski definition) is 5. The quantitative estimate of drug-likeness (QED) is 0.293. The lowest BCUT2D eigenvalue weighted by Gasteiger charge is -2.37. The Labute approximate surface area is 233 Å². The largest absolute Gasteiger partial charge is 0.457 e. The van der Waals surface area contributed by atoms with Gasteiger partial charge in [0.25, 0.3) is 10.0 Å². The van der Waals surface area contributed by atoms with E-state index in [4.69, 9.17) is 4.74 Å². The average molecular weight is 556 g/mol. The molecule has 0 saturated carbocycles. The molecule has 0 saturated heterocycles. The van der Waals surface area contributed by atoms with Gasteiger partial charge in [-0.25, -0.2) is 8.42 Å². The fourth-order valence-electron chi connectivity index (χ4n) is 5.06. The summed E-state index contributed by atoms with van der Waals surface area (Å²) >= 11 is 0. The molecule has 1 atom stereocenters. The summed E-state index contributed by atoms with van der Waals surface area (Å²) in [7, 11) is -4.22. The van der Waals surface area contributed by atoms with Crippen molar-refractivity contribution in [2.45, 2.75) is 38.1 Å². The fraction of sp³-hybridized carbons (Fsp3) is 0.161. The maximum Gasteiger partial charge on any atom is 0.265 e. The lowest BCUT2D eigenvalue weighted by Crippen LogP contribution is -2.52. The maximum atomic E-state index is 14.2. The van der Waals surface area contributed by atoms with Crippen molar-refractivity contribution >= 4 is 38.9 Å². The van der Waals surface area contributed by atoms with Crippen molar-refractivity contribution in [2.24, 2.45) is 0 Å². The van der Waals surface area contributed by atoms with Crippen molar-refractivity contribution in [1.82, 2.24) is 0 Å². The average Bonchev–Trinajstić information content (AvgIpc) is 2.89. The first-order valence-corrected chi connectivity index (χ1v) is 14.2. The van der Waals surface area contributed by atoms with Crippen LogP contribution in [0.4, 0.5) is 17.1 Å². The van der Waals surface area contributed by atoms with E-state index < -0.39 is 34.3 Å². The number of carbonyl (C=O) groups is 2. The Balaban J connectivity index is 1.45. The second-order valence-electron chi connectivity index (χ2n) is 9.75. The Morgan fingerprint density at radius 1 is 0.875 bits per heavy atom. The van der Waals surface area contributed by atoms with Crippen LogP contribution < -0.4 is 19.7 Å². The van der Waals surface area contributed by atoms with Gasteiger partial charge in [0.15, 0.2) is 0 Å². The van der Waals surface area contributed by atoms with Gasteiger partial charge in [0.1, 0.15) is 17.5 Å². The molecule has 0 bridgehead atoms. The Hall–Kier alpha value is -4.63. The van der Waals surface area contributed by atoms with Gasteiger partial charge in [0.2, 0.25) is 11.8 Å². The normalized spacial score (nSPS) is 14.7. The van der Waals surface area contributed by atoms with Crippen LogP contribution in [0.3, 0.4) is 0 Å². The molecule has 204 valence electrons. The fourth-order valence-corrected chi connectivity index (χ4v) is 7.11. The van der Waals surface area contributed by atoms with Crippen LogP contribution in [0, 0.1) is 20.8 Å². The Kier molecular flexibility index (Phi) is 7.32. The van der Waals surface area contributed by atoms with E-state index in [1.54, 1.807) is 74.5 Å². The summed E-state index contributed by atoms with van der Waals surface area (Å²) in [6.45, 7) is 5.36. The van der Waals surface area contributed by atoms with Gasteiger partial charge in [-0.1, -0.05) is 54.1 Å². The van der Waals surface area contributed by atoms with Gasteiger partial charge in [0.05, 0.1) is 22.7 Å². The second-order valence-corrected chi connectivity index (χ2v) is 11.5.